The van der Waals surface area contributed by atoms with Gasteiger partial charge in [-0.3, -0.25) is 48.5 Å². The summed E-state index contributed by atoms with van der Waals surface area (Å²) in [7, 11) is 9.26. The minimum Gasteiger partial charge on any atom is -0.395 e. The second-order valence-corrected chi connectivity index (χ2v) is 38.9. The fourth-order valence-electron chi connectivity index (χ4n) is 17.2. The Bertz CT molecular complexity index is 7510. The van der Waals surface area contributed by atoms with Crippen LogP contribution >= 0.6 is 11.3 Å². The maximum absolute atomic E-state index is 13.1. The quantitative estimate of drug-likeness (QED) is 0.0322. The van der Waals surface area contributed by atoms with Crippen LogP contribution in [0.15, 0.2) is 195 Å². The summed E-state index contributed by atoms with van der Waals surface area (Å²) < 4.78 is 6.28. The number of benzene rings is 7. The van der Waals surface area contributed by atoms with Gasteiger partial charge in [0.1, 0.15) is 23.0 Å². The van der Waals surface area contributed by atoms with E-state index in [1.807, 2.05) is 163 Å². The molecule has 147 heavy (non-hydrogen) atoms. The van der Waals surface area contributed by atoms with E-state index in [4.69, 9.17) is 11.5 Å². The molecule has 6 N–H and O–H groups in total. The molecule has 3 saturated heterocycles. The van der Waals surface area contributed by atoms with Crippen LogP contribution < -0.4 is 21.7 Å². The lowest BCUT2D eigenvalue weighted by molar-refractivity contribution is 0.0979. The molecule has 0 unspecified atom stereocenters. The summed E-state index contributed by atoms with van der Waals surface area (Å²) in [4.78, 5) is 132. The molecule has 30 heteroatoms. The van der Waals surface area contributed by atoms with Crippen molar-refractivity contribution in [1.29, 1.82) is 0 Å². The number of β-amino-alcohol motifs (C(OH)–C–C–N with tert-alkyl or cyclic N) is 1. The summed E-state index contributed by atoms with van der Waals surface area (Å²) in [5, 5.41) is 16.7. The molecule has 7 aromatic carbocycles. The minimum atomic E-state index is -0.609. The Morgan fingerprint density at radius 2 is 0.912 bits per heavy atom. The highest BCUT2D eigenvalue weighted by atomic mass is 32.1. The van der Waals surface area contributed by atoms with Gasteiger partial charge in [-0.25, -0.2) is 34.7 Å². The van der Waals surface area contributed by atoms with E-state index >= 15 is 0 Å². The number of aromatic nitrogens is 12. The molecule has 7 aromatic heterocycles. The third-order valence-electron chi connectivity index (χ3n) is 26.2. The molecule has 0 radical (unpaired) electrons. The van der Waals surface area contributed by atoms with Crippen LogP contribution in [0.4, 0.5) is 10.6 Å². The number of hydrogen-bond donors (Lipinski definition) is 4. The first-order valence-electron chi connectivity index (χ1n) is 49.0. The first-order valence-corrected chi connectivity index (χ1v) is 49.8. The number of pyridine rings is 1. The number of hydrogen-bond acceptors (Lipinski definition) is 23. The zero-order valence-corrected chi connectivity index (χ0v) is 87.1. The number of carbonyl (C=O) groups is 7. The van der Waals surface area contributed by atoms with Gasteiger partial charge >= 0.3 is 6.03 Å². The lowest BCUT2D eigenvalue weighted by Gasteiger charge is -2.35. The van der Waals surface area contributed by atoms with Gasteiger partial charge in [0.05, 0.1) is 77.2 Å². The summed E-state index contributed by atoms with van der Waals surface area (Å²) >= 11 is 1.56. The minimum absolute atomic E-state index is 0.0120. The second kappa shape index (κ2) is 50.1. The lowest BCUT2D eigenvalue weighted by atomic mass is 9.96. The molecule has 3 fully saturated rings. The number of ketones is 4. The van der Waals surface area contributed by atoms with E-state index in [2.05, 4.69) is 199 Å². The van der Waals surface area contributed by atoms with Crippen LogP contribution in [0.1, 0.15) is 207 Å². The van der Waals surface area contributed by atoms with E-state index in [1.165, 1.54) is 39.3 Å². The molecule has 29 nitrogen and oxygen atoms in total. The van der Waals surface area contributed by atoms with E-state index in [-0.39, 0.29) is 60.3 Å². The van der Waals surface area contributed by atoms with Crippen molar-refractivity contribution >= 4 is 58.1 Å². The van der Waals surface area contributed by atoms with Gasteiger partial charge in [0.25, 0.3) is 11.8 Å². The maximum atomic E-state index is 13.1. The highest BCUT2D eigenvalue weighted by Crippen LogP contribution is 2.27. The lowest BCUT2D eigenvalue weighted by Crippen LogP contribution is -2.47. The summed E-state index contributed by atoms with van der Waals surface area (Å²) in [5.74, 6) is 25.9. The Kier molecular flexibility index (Phi) is 36.4. The Morgan fingerprint density at radius 3 is 1.37 bits per heavy atom. The number of Topliss-reactive ketones (excluding diaryl/α,β-unsaturated/α-hetero) is 4. The number of aliphatic hydroxyl groups excluding tert-OH is 1. The molecule has 0 bridgehead atoms. The number of rotatable bonds is 24. The third-order valence-corrected chi connectivity index (χ3v) is 27.1. The number of nitrogens with one attached hydrogen (secondary N) is 1. The molecule has 0 atom stereocenters. The third kappa shape index (κ3) is 29.7. The van der Waals surface area contributed by atoms with Crippen LogP contribution in [-0.2, 0) is 59.3 Å². The molecule has 3 amide bonds. The van der Waals surface area contributed by atoms with Gasteiger partial charge in [0.2, 0.25) is 0 Å². The predicted molar refractivity (Wildman–Crippen MR) is 574 cm³/mol. The smallest absolute Gasteiger partial charge is 0.341 e. The molecule has 0 aliphatic carbocycles. The topological polar surface area (TPSA) is 346 Å². The maximum Gasteiger partial charge on any atom is 0.341 e. The van der Waals surface area contributed by atoms with Gasteiger partial charge in [-0.2, -0.15) is 9.78 Å². The molecule has 3 aliphatic heterocycles. The first kappa shape index (κ1) is 107. The summed E-state index contributed by atoms with van der Waals surface area (Å²) in [5.41, 5.74) is 35.8. The van der Waals surface area contributed by atoms with Crippen molar-refractivity contribution in [3.8, 4) is 53.1 Å². The first-order chi connectivity index (χ1) is 70.6. The molecular weight excluding hydrogens is 1860 g/mol. The summed E-state index contributed by atoms with van der Waals surface area (Å²) in [6, 6.07) is 46.9. The predicted octanol–water partition coefficient (Wildman–Crippen LogP) is 13.2. The van der Waals surface area contributed by atoms with Crippen molar-refractivity contribution in [2.24, 2.45) is 25.6 Å². The summed E-state index contributed by atoms with van der Waals surface area (Å²) in [6.07, 6.45) is 15.3. The van der Waals surface area contributed by atoms with Crippen LogP contribution in [0.2, 0.25) is 0 Å². The molecule has 10 heterocycles. The van der Waals surface area contributed by atoms with Crippen molar-refractivity contribution in [3.05, 3.63) is 374 Å². The second-order valence-electron chi connectivity index (χ2n) is 37.7. The number of aryl methyl sites for hydroxylation is 10. The number of imidazole rings is 3. The normalized spacial score (nSPS) is 13.2. The van der Waals surface area contributed by atoms with Crippen LogP contribution in [0.25, 0.3) is 5.69 Å². The van der Waals surface area contributed by atoms with Gasteiger partial charge in [0.15, 0.2) is 34.8 Å². The molecule has 14 aromatic rings. The fraction of sp³-hybridized carbons (Fsp3) is 0.308. The molecule has 752 valence electrons. The number of nitrogens with two attached hydrogens (primary N) is 2. The van der Waals surface area contributed by atoms with Crippen molar-refractivity contribution in [1.82, 2.24) is 88.2 Å². The van der Waals surface area contributed by atoms with Crippen molar-refractivity contribution in [3.63, 3.8) is 0 Å². The van der Waals surface area contributed by atoms with E-state index in [9.17, 15) is 38.7 Å². The number of thiazole rings is 1. The Hall–Kier alpha value is -15.9. The van der Waals surface area contributed by atoms with Gasteiger partial charge in [-0.1, -0.05) is 121 Å². The average Bonchev–Trinajstić information content (AvgIpc) is 1.80. The largest absolute Gasteiger partial charge is 0.395 e. The number of aliphatic hydroxyl groups is 1. The number of carbonyl (C=O) groups excluding carboxylic acids is 7. The van der Waals surface area contributed by atoms with E-state index < -0.39 is 11.8 Å². The zero-order valence-electron chi connectivity index (χ0n) is 86.2. The van der Waals surface area contributed by atoms with Crippen LogP contribution in [0.3, 0.4) is 0 Å². The summed E-state index contributed by atoms with van der Waals surface area (Å²) in [6.45, 7) is 35.1. The van der Waals surface area contributed by atoms with Crippen molar-refractivity contribution in [2.45, 2.75) is 114 Å². The van der Waals surface area contributed by atoms with Crippen LogP contribution in [0, 0.1) is 117 Å². The van der Waals surface area contributed by atoms with Crippen molar-refractivity contribution in [2.75, 3.05) is 118 Å². The number of primary amides is 2. The van der Waals surface area contributed by atoms with Crippen molar-refractivity contribution < 1.29 is 38.7 Å². The average molecular weight is 1990 g/mol. The molecule has 0 saturated carbocycles. The Morgan fingerprint density at radius 1 is 0.429 bits per heavy atom. The number of amides is 3. The van der Waals surface area contributed by atoms with Gasteiger partial charge in [-0.15, -0.1) is 11.3 Å². The highest BCUT2D eigenvalue weighted by Gasteiger charge is 2.24. The van der Waals surface area contributed by atoms with Crippen LogP contribution in [-0.4, -0.2) is 242 Å². The highest BCUT2D eigenvalue weighted by molar-refractivity contribution is 7.12. The Labute approximate surface area is 864 Å². The standard InChI is InChI=1S/C32H34N6O2S.2C29H33N5O2.C27H25N5O2/c1-22-8-9-33-27(16-22)18-30(40)26-5-4-23(2)25(17-26)6-7-29-21-34-32(41-29)20-28-19-31(36-24(3)35-28)38-12-10-37(11-13-38)14-15-39;1-21-5-8-26(17-25(21)9-7-24-18-31-34(19-24)29(36)30-3)28(35)16-23-6-10-27(22(2)15-23)20-33-13-11-32(4)12-14-33;1-20-5-7-24(17-23(20)9-10-26-18-31-29(28(30)36)33(26)4)27(35)16-22-6-8-25(21(2)15-22)19-34-13-11-32(3)12-14-34;1-17-9-20(11-24(10-17)32-15-19(3)30-16-32)12-25(33)22-6-5-18(2)21(13-22)7-8-23-14-29-27(26(28)34)31(23)4/h4-5,8-9,16-17,19,21,39H,10-15,18,20H2,1-3H3;5-6,8,10,15,17-19H,11-14,16,20H2,1-4H3,(H,30,36);5-8,15,17-18H,11-14,16,19H2,1-4H3,(H2,30,36);5-6,9-11,13-16H,12H2,1-4H3,(H2,28,34). The van der Waals surface area contributed by atoms with Gasteiger partial charge in [-0.05, 0) is 222 Å². The SMILES string of the molecule is CNC(=O)n1cc(C#Cc2cc(C(=O)Cc3ccc(CN4CCN(C)CC4)c(C)c3)ccc2C)cn1.Cc1cc(CC(=O)c2ccc(C)c(C#Cc3cnc(C(N)=O)n3C)c2)cc(-n2cnc(C)c2)c1.Cc1ccc(C(=O)Cc2ccc(CN3CCN(C)CC3)c(C)c2)cc1C#Cc1cnc(C(N)=O)n1C.Cc1ccnc(CC(=O)c2ccc(C)c(C#Cc3cnc(Cc4cc(N5CCN(CCO)CC5)nc(C)n4)s3)c2)c1. The Balaban J connectivity index is 0.000000155. The van der Waals surface area contributed by atoms with E-state index in [0.29, 0.717) is 65.0 Å². The monoisotopic (exact) mass is 1980 g/mol. The van der Waals surface area contributed by atoms with Crippen LogP contribution in [0.5, 0.6) is 0 Å². The van der Waals surface area contributed by atoms with E-state index in [1.54, 1.807) is 72.7 Å². The molecular formula is C117H125N21O8S. The number of anilines is 1. The number of nitrogens with zero attached hydrogens (tertiary/aromatic N) is 18. The van der Waals surface area contributed by atoms with E-state index in [0.717, 1.165) is 208 Å². The number of likely N-dealkylation sites (N-methyl/N-ethyl adjacent to an activating group) is 2. The molecule has 3 aliphatic rings. The molecule has 0 spiro atoms. The van der Waals surface area contributed by atoms with Gasteiger partial charge < -0.3 is 50.3 Å². The van der Waals surface area contributed by atoms with Gasteiger partial charge in [0, 0.05) is 219 Å². The fourth-order valence-corrected chi connectivity index (χ4v) is 18.0. The molecule has 17 rings (SSSR count). The zero-order chi connectivity index (χ0) is 105. The number of piperazine rings is 3.